The van der Waals surface area contributed by atoms with E-state index in [4.69, 9.17) is 9.84 Å². The lowest BCUT2D eigenvalue weighted by Gasteiger charge is -2.41. The van der Waals surface area contributed by atoms with Crippen molar-refractivity contribution in [3.8, 4) is 0 Å². The summed E-state index contributed by atoms with van der Waals surface area (Å²) in [5.41, 5.74) is 0.547. The first-order valence-electron chi connectivity index (χ1n) is 5.85. The standard InChI is InChI=1S/C12H19N3O2/c1-9-6-15(8-12(2,3)17-9)11-13-4-10(7-16)5-14-11/h4-5,9,16H,6-8H2,1-3H3. The SMILES string of the molecule is CC1CN(c2ncc(CO)cn2)CC(C)(C)O1. The molecule has 1 fully saturated rings. The topological polar surface area (TPSA) is 58.5 Å². The van der Waals surface area contributed by atoms with Gasteiger partial charge in [0, 0.05) is 31.0 Å². The Labute approximate surface area is 101 Å². The van der Waals surface area contributed by atoms with Crippen molar-refractivity contribution in [2.45, 2.75) is 39.1 Å². The summed E-state index contributed by atoms with van der Waals surface area (Å²) < 4.78 is 5.83. The lowest BCUT2D eigenvalue weighted by atomic mass is 10.1. The zero-order chi connectivity index (χ0) is 12.5. The van der Waals surface area contributed by atoms with Crippen LogP contribution in [0, 0.1) is 0 Å². The van der Waals surface area contributed by atoms with Crippen molar-refractivity contribution in [2.24, 2.45) is 0 Å². The van der Waals surface area contributed by atoms with Gasteiger partial charge in [0.1, 0.15) is 0 Å². The molecule has 0 amide bonds. The molecular weight excluding hydrogens is 218 g/mol. The number of nitrogens with zero attached hydrogens (tertiary/aromatic N) is 3. The Hall–Kier alpha value is -1.20. The first-order valence-corrected chi connectivity index (χ1v) is 5.85. The van der Waals surface area contributed by atoms with Gasteiger partial charge in [-0.3, -0.25) is 0 Å². The van der Waals surface area contributed by atoms with Crippen molar-refractivity contribution >= 4 is 5.95 Å². The molecule has 1 saturated heterocycles. The maximum atomic E-state index is 8.95. The fourth-order valence-electron chi connectivity index (χ4n) is 2.20. The Morgan fingerprint density at radius 3 is 2.65 bits per heavy atom. The molecule has 0 radical (unpaired) electrons. The Bertz CT molecular complexity index is 378. The summed E-state index contributed by atoms with van der Waals surface area (Å²) in [6, 6.07) is 0. The van der Waals surface area contributed by atoms with Crippen LogP contribution in [0.15, 0.2) is 12.4 Å². The van der Waals surface area contributed by atoms with E-state index in [0.717, 1.165) is 18.7 Å². The smallest absolute Gasteiger partial charge is 0.225 e. The Morgan fingerprint density at radius 2 is 2.12 bits per heavy atom. The van der Waals surface area contributed by atoms with Crippen LogP contribution in [-0.4, -0.2) is 39.9 Å². The Morgan fingerprint density at radius 1 is 1.47 bits per heavy atom. The summed E-state index contributed by atoms with van der Waals surface area (Å²) in [4.78, 5) is 10.7. The second-order valence-corrected chi connectivity index (χ2v) is 5.12. The van der Waals surface area contributed by atoms with E-state index in [1.807, 2.05) is 0 Å². The zero-order valence-corrected chi connectivity index (χ0v) is 10.6. The molecule has 1 aromatic rings. The second kappa shape index (κ2) is 4.58. The van der Waals surface area contributed by atoms with Gasteiger partial charge >= 0.3 is 0 Å². The zero-order valence-electron chi connectivity index (χ0n) is 10.6. The van der Waals surface area contributed by atoms with Crippen LogP contribution in [0.5, 0.6) is 0 Å². The van der Waals surface area contributed by atoms with Crippen molar-refractivity contribution in [3.05, 3.63) is 18.0 Å². The minimum absolute atomic E-state index is 0.0225. The van der Waals surface area contributed by atoms with Crippen molar-refractivity contribution in [1.82, 2.24) is 9.97 Å². The van der Waals surface area contributed by atoms with E-state index in [9.17, 15) is 0 Å². The summed E-state index contributed by atoms with van der Waals surface area (Å²) in [5, 5.41) is 8.95. The second-order valence-electron chi connectivity index (χ2n) is 5.12. The average molecular weight is 237 g/mol. The molecule has 1 aliphatic rings. The van der Waals surface area contributed by atoms with Crippen LogP contribution in [0.3, 0.4) is 0 Å². The van der Waals surface area contributed by atoms with E-state index in [1.165, 1.54) is 0 Å². The highest BCUT2D eigenvalue weighted by atomic mass is 16.5. The monoisotopic (exact) mass is 237 g/mol. The van der Waals surface area contributed by atoms with E-state index in [1.54, 1.807) is 12.4 Å². The van der Waals surface area contributed by atoms with Crippen LogP contribution in [0.25, 0.3) is 0 Å². The van der Waals surface area contributed by atoms with Gasteiger partial charge in [0.15, 0.2) is 0 Å². The number of anilines is 1. The summed E-state index contributed by atoms with van der Waals surface area (Å²) in [6.45, 7) is 7.73. The number of ether oxygens (including phenoxy) is 1. The molecule has 0 bridgehead atoms. The molecule has 1 unspecified atom stereocenters. The number of rotatable bonds is 2. The lowest BCUT2D eigenvalue weighted by molar-refractivity contribution is -0.0753. The van der Waals surface area contributed by atoms with E-state index in [0.29, 0.717) is 5.95 Å². The summed E-state index contributed by atoms with van der Waals surface area (Å²) in [6.07, 6.45) is 3.49. The summed E-state index contributed by atoms with van der Waals surface area (Å²) in [7, 11) is 0. The third-order valence-electron chi connectivity index (χ3n) is 2.73. The van der Waals surface area contributed by atoms with Gasteiger partial charge in [0.2, 0.25) is 5.95 Å². The normalized spacial score (nSPS) is 23.8. The van der Waals surface area contributed by atoms with Crippen molar-refractivity contribution in [1.29, 1.82) is 0 Å². The summed E-state index contributed by atoms with van der Waals surface area (Å²) in [5.74, 6) is 0.699. The molecule has 0 aromatic carbocycles. The highest BCUT2D eigenvalue weighted by molar-refractivity contribution is 5.31. The average Bonchev–Trinajstić information content (AvgIpc) is 2.26. The van der Waals surface area contributed by atoms with E-state index >= 15 is 0 Å². The Kier molecular flexibility index (Phi) is 3.31. The minimum atomic E-state index is -0.184. The van der Waals surface area contributed by atoms with Crippen LogP contribution >= 0.6 is 0 Å². The van der Waals surface area contributed by atoms with Gasteiger partial charge in [-0.1, -0.05) is 0 Å². The highest BCUT2D eigenvalue weighted by Crippen LogP contribution is 2.23. The molecule has 0 spiro atoms. The lowest BCUT2D eigenvalue weighted by Crippen LogP contribution is -2.52. The van der Waals surface area contributed by atoms with Crippen LogP contribution in [-0.2, 0) is 11.3 Å². The van der Waals surface area contributed by atoms with E-state index in [2.05, 4.69) is 35.6 Å². The van der Waals surface area contributed by atoms with Gasteiger partial charge < -0.3 is 14.7 Å². The number of morpholine rings is 1. The van der Waals surface area contributed by atoms with E-state index in [-0.39, 0.29) is 18.3 Å². The van der Waals surface area contributed by atoms with Gasteiger partial charge in [-0.2, -0.15) is 0 Å². The fraction of sp³-hybridized carbons (Fsp3) is 0.667. The molecule has 1 atom stereocenters. The number of aliphatic hydroxyl groups excluding tert-OH is 1. The van der Waals surface area contributed by atoms with Crippen LogP contribution in [0.1, 0.15) is 26.3 Å². The molecule has 1 N–H and O–H groups in total. The molecule has 5 nitrogen and oxygen atoms in total. The van der Waals surface area contributed by atoms with Crippen molar-refractivity contribution in [3.63, 3.8) is 0 Å². The van der Waals surface area contributed by atoms with Crippen LogP contribution in [0.4, 0.5) is 5.95 Å². The minimum Gasteiger partial charge on any atom is -0.392 e. The maximum absolute atomic E-state index is 8.95. The molecule has 2 rings (SSSR count). The van der Waals surface area contributed by atoms with Crippen molar-refractivity contribution < 1.29 is 9.84 Å². The third kappa shape index (κ3) is 2.92. The van der Waals surface area contributed by atoms with Crippen molar-refractivity contribution in [2.75, 3.05) is 18.0 Å². The van der Waals surface area contributed by atoms with Crippen LogP contribution in [0.2, 0.25) is 0 Å². The van der Waals surface area contributed by atoms with E-state index < -0.39 is 0 Å². The summed E-state index contributed by atoms with van der Waals surface area (Å²) >= 11 is 0. The van der Waals surface area contributed by atoms with Gasteiger partial charge in [-0.25, -0.2) is 9.97 Å². The third-order valence-corrected chi connectivity index (χ3v) is 2.73. The molecular formula is C12H19N3O2. The molecule has 0 saturated carbocycles. The predicted molar refractivity (Wildman–Crippen MR) is 64.8 cm³/mol. The predicted octanol–water partition coefficient (Wildman–Crippen LogP) is 0.973. The van der Waals surface area contributed by atoms with Gasteiger partial charge in [-0.05, 0) is 20.8 Å². The van der Waals surface area contributed by atoms with Crippen LogP contribution < -0.4 is 4.90 Å². The Balaban J connectivity index is 2.15. The molecule has 5 heteroatoms. The number of aromatic nitrogens is 2. The molecule has 2 heterocycles. The molecule has 94 valence electrons. The van der Waals surface area contributed by atoms with Gasteiger partial charge in [0.05, 0.1) is 18.3 Å². The van der Waals surface area contributed by atoms with Gasteiger partial charge in [-0.15, -0.1) is 0 Å². The number of hydrogen-bond donors (Lipinski definition) is 1. The molecule has 0 aliphatic carbocycles. The molecule has 1 aliphatic heterocycles. The highest BCUT2D eigenvalue weighted by Gasteiger charge is 2.32. The maximum Gasteiger partial charge on any atom is 0.225 e. The molecule has 17 heavy (non-hydrogen) atoms. The molecule has 1 aromatic heterocycles. The quantitative estimate of drug-likeness (QED) is 0.830. The largest absolute Gasteiger partial charge is 0.392 e. The van der Waals surface area contributed by atoms with Gasteiger partial charge in [0.25, 0.3) is 0 Å². The first-order chi connectivity index (χ1) is 8.00. The number of aliphatic hydroxyl groups is 1. The first kappa shape index (κ1) is 12.3. The number of hydrogen-bond acceptors (Lipinski definition) is 5. The fourth-order valence-corrected chi connectivity index (χ4v) is 2.20.